The van der Waals surface area contributed by atoms with Gasteiger partial charge in [-0.3, -0.25) is 4.79 Å². The Hall–Kier alpha value is -1.79. The van der Waals surface area contributed by atoms with Gasteiger partial charge >= 0.3 is 6.09 Å². The van der Waals surface area contributed by atoms with Crippen molar-refractivity contribution < 1.29 is 14.3 Å². The lowest BCUT2D eigenvalue weighted by Crippen LogP contribution is -2.41. The van der Waals surface area contributed by atoms with Crippen LogP contribution in [-0.2, 0) is 16.1 Å². The molecule has 1 aromatic rings. The first-order valence-electron chi connectivity index (χ1n) is 10.6. The van der Waals surface area contributed by atoms with Crippen LogP contribution in [0, 0.1) is 0 Å². The summed E-state index contributed by atoms with van der Waals surface area (Å²) < 4.78 is 5.14. The maximum Gasteiger partial charge on any atom is 0.407 e. The second kappa shape index (κ2) is 18.3. The van der Waals surface area contributed by atoms with E-state index in [1.807, 2.05) is 30.3 Å². The molecule has 0 bridgehead atoms. The summed E-state index contributed by atoms with van der Waals surface area (Å²) in [5.74, 6) is -0.0798. The maximum atomic E-state index is 11.9. The summed E-state index contributed by atoms with van der Waals surface area (Å²) in [5, 5.41) is 5.63. The largest absolute Gasteiger partial charge is 0.445 e. The summed E-state index contributed by atoms with van der Waals surface area (Å²) in [7, 11) is 0. The molecular weight excluding hydrogens is 390 g/mol. The van der Waals surface area contributed by atoms with Crippen LogP contribution in [0.4, 0.5) is 4.79 Å². The SMILES string of the molecule is CCCCCCCCNC(=O)[C@@H](N)CCCCNC(=O)OCc1ccccc1.Cl. The van der Waals surface area contributed by atoms with Crippen LogP contribution < -0.4 is 16.4 Å². The van der Waals surface area contributed by atoms with Gasteiger partial charge in [-0.25, -0.2) is 4.79 Å². The number of ether oxygens (including phenoxy) is 1. The number of hydrogen-bond donors (Lipinski definition) is 3. The summed E-state index contributed by atoms with van der Waals surface area (Å²) in [4.78, 5) is 23.6. The van der Waals surface area contributed by atoms with Gasteiger partial charge in [0.05, 0.1) is 6.04 Å². The van der Waals surface area contributed by atoms with Crippen molar-refractivity contribution in [2.45, 2.75) is 77.4 Å². The monoisotopic (exact) mass is 427 g/mol. The van der Waals surface area contributed by atoms with E-state index in [0.29, 0.717) is 19.5 Å². The zero-order chi connectivity index (χ0) is 20.5. The zero-order valence-corrected chi connectivity index (χ0v) is 18.5. The van der Waals surface area contributed by atoms with Crippen LogP contribution in [-0.4, -0.2) is 31.1 Å². The molecule has 1 atom stereocenters. The fourth-order valence-electron chi connectivity index (χ4n) is 2.83. The molecule has 0 aliphatic rings. The van der Waals surface area contributed by atoms with E-state index >= 15 is 0 Å². The lowest BCUT2D eigenvalue weighted by molar-refractivity contribution is -0.122. The topological polar surface area (TPSA) is 93.5 Å². The Bertz CT molecular complexity index is 543. The first kappa shape index (κ1) is 27.2. The van der Waals surface area contributed by atoms with E-state index in [0.717, 1.165) is 31.2 Å². The molecule has 0 spiro atoms. The first-order chi connectivity index (χ1) is 13.6. The van der Waals surface area contributed by atoms with Crippen molar-refractivity contribution in [2.75, 3.05) is 13.1 Å². The van der Waals surface area contributed by atoms with Crippen LogP contribution in [0.1, 0.15) is 70.3 Å². The summed E-state index contributed by atoms with van der Waals surface area (Å²) in [6.45, 7) is 3.68. The third-order valence-corrected chi connectivity index (χ3v) is 4.59. The third kappa shape index (κ3) is 14.8. The van der Waals surface area contributed by atoms with Gasteiger partial charge in [-0.05, 0) is 31.2 Å². The van der Waals surface area contributed by atoms with Crippen molar-refractivity contribution in [2.24, 2.45) is 5.73 Å². The number of unbranched alkanes of at least 4 members (excludes halogenated alkanes) is 6. The number of amides is 2. The number of halogens is 1. The standard InChI is InChI=1S/C22H37N3O3.ClH/c1-2-3-4-5-6-11-16-24-21(26)20(23)15-10-12-17-25-22(27)28-18-19-13-8-7-9-14-19;/h7-9,13-14,20H,2-6,10-12,15-18,23H2,1H3,(H,24,26)(H,25,27);1H/t20-;/m0./s1. The van der Waals surface area contributed by atoms with Crippen molar-refractivity contribution in [1.82, 2.24) is 10.6 Å². The first-order valence-corrected chi connectivity index (χ1v) is 10.6. The fraction of sp³-hybridized carbons (Fsp3) is 0.636. The second-order valence-corrected chi connectivity index (χ2v) is 7.15. The number of alkyl carbamates (subject to hydrolysis) is 1. The molecule has 0 unspecified atom stereocenters. The van der Waals surface area contributed by atoms with E-state index in [1.165, 1.54) is 25.7 Å². The van der Waals surface area contributed by atoms with Crippen LogP contribution in [0.2, 0.25) is 0 Å². The predicted octanol–water partition coefficient (Wildman–Crippen LogP) is 4.31. The average Bonchev–Trinajstić information content (AvgIpc) is 2.71. The number of hydrogen-bond acceptors (Lipinski definition) is 4. The molecule has 0 saturated carbocycles. The number of carbonyl (C=O) groups excluding carboxylic acids is 2. The van der Waals surface area contributed by atoms with Gasteiger partial charge < -0.3 is 21.1 Å². The molecule has 6 nitrogen and oxygen atoms in total. The van der Waals surface area contributed by atoms with Gasteiger partial charge in [0.2, 0.25) is 5.91 Å². The Morgan fingerprint density at radius 2 is 1.55 bits per heavy atom. The van der Waals surface area contributed by atoms with Crippen LogP contribution in [0.25, 0.3) is 0 Å². The van der Waals surface area contributed by atoms with Crippen molar-refractivity contribution in [3.05, 3.63) is 35.9 Å². The quantitative estimate of drug-likeness (QED) is 0.363. The van der Waals surface area contributed by atoms with Crippen LogP contribution >= 0.6 is 12.4 Å². The van der Waals surface area contributed by atoms with Crippen LogP contribution in [0.15, 0.2) is 30.3 Å². The van der Waals surface area contributed by atoms with Gasteiger partial charge in [0.1, 0.15) is 6.61 Å². The number of benzene rings is 1. The molecule has 4 N–H and O–H groups in total. The zero-order valence-electron chi connectivity index (χ0n) is 17.7. The van der Waals surface area contributed by atoms with Crippen LogP contribution in [0.3, 0.4) is 0 Å². The molecule has 0 saturated heterocycles. The molecule has 0 heterocycles. The average molecular weight is 428 g/mol. The summed E-state index contributed by atoms with van der Waals surface area (Å²) in [6.07, 6.45) is 8.94. The smallest absolute Gasteiger partial charge is 0.407 e. The number of carbonyl (C=O) groups is 2. The highest BCUT2D eigenvalue weighted by molar-refractivity contribution is 5.85. The number of nitrogens with one attached hydrogen (secondary N) is 2. The molecule has 7 heteroatoms. The molecule has 1 rings (SSSR count). The lowest BCUT2D eigenvalue weighted by atomic mass is 10.1. The minimum Gasteiger partial charge on any atom is -0.445 e. The van der Waals surface area contributed by atoms with Crippen LogP contribution in [0.5, 0.6) is 0 Å². The normalized spacial score (nSPS) is 11.2. The van der Waals surface area contributed by atoms with E-state index in [2.05, 4.69) is 17.6 Å². The fourth-order valence-corrected chi connectivity index (χ4v) is 2.83. The molecule has 166 valence electrons. The van der Waals surface area contributed by atoms with Crippen molar-refractivity contribution in [3.63, 3.8) is 0 Å². The third-order valence-electron chi connectivity index (χ3n) is 4.59. The van der Waals surface area contributed by atoms with E-state index in [9.17, 15) is 9.59 Å². The molecule has 0 fully saturated rings. The van der Waals surface area contributed by atoms with E-state index in [-0.39, 0.29) is 24.9 Å². The highest BCUT2D eigenvalue weighted by atomic mass is 35.5. The summed E-state index contributed by atoms with van der Waals surface area (Å²) in [5.41, 5.74) is 6.88. The molecule has 2 amide bonds. The van der Waals surface area contributed by atoms with Gasteiger partial charge in [-0.1, -0.05) is 69.4 Å². The minimum absolute atomic E-state index is 0. The highest BCUT2D eigenvalue weighted by Crippen LogP contribution is 2.05. The Morgan fingerprint density at radius 3 is 2.28 bits per heavy atom. The molecule has 0 aliphatic carbocycles. The van der Waals surface area contributed by atoms with Gasteiger partial charge in [-0.15, -0.1) is 12.4 Å². The Balaban J connectivity index is 0.00000784. The van der Waals surface area contributed by atoms with Crippen molar-refractivity contribution in [1.29, 1.82) is 0 Å². The predicted molar refractivity (Wildman–Crippen MR) is 120 cm³/mol. The minimum atomic E-state index is -0.481. The Morgan fingerprint density at radius 1 is 0.931 bits per heavy atom. The van der Waals surface area contributed by atoms with Crippen molar-refractivity contribution >= 4 is 24.4 Å². The van der Waals surface area contributed by atoms with Gasteiger partial charge in [-0.2, -0.15) is 0 Å². The molecular formula is C22H38ClN3O3. The van der Waals surface area contributed by atoms with Crippen molar-refractivity contribution in [3.8, 4) is 0 Å². The lowest BCUT2D eigenvalue weighted by Gasteiger charge is -2.12. The van der Waals surface area contributed by atoms with Gasteiger partial charge in [0.15, 0.2) is 0 Å². The van der Waals surface area contributed by atoms with E-state index in [1.54, 1.807) is 0 Å². The van der Waals surface area contributed by atoms with E-state index < -0.39 is 12.1 Å². The second-order valence-electron chi connectivity index (χ2n) is 7.15. The van der Waals surface area contributed by atoms with E-state index in [4.69, 9.17) is 10.5 Å². The maximum absolute atomic E-state index is 11.9. The molecule has 29 heavy (non-hydrogen) atoms. The molecule has 0 aromatic heterocycles. The molecule has 0 aliphatic heterocycles. The van der Waals surface area contributed by atoms with Gasteiger partial charge in [0.25, 0.3) is 0 Å². The van der Waals surface area contributed by atoms with Gasteiger partial charge in [0, 0.05) is 13.1 Å². The summed E-state index contributed by atoms with van der Waals surface area (Å²) >= 11 is 0. The summed E-state index contributed by atoms with van der Waals surface area (Å²) in [6, 6.07) is 9.07. The highest BCUT2D eigenvalue weighted by Gasteiger charge is 2.12. The Labute approximate surface area is 181 Å². The molecule has 1 aromatic carbocycles. The number of rotatable bonds is 15. The molecule has 0 radical (unpaired) electrons. The Kier molecular flexibility index (Phi) is 17.1. The number of nitrogens with two attached hydrogens (primary N) is 1.